The number of halogens is 3. The number of phenols is 2. The van der Waals surface area contributed by atoms with Crippen molar-refractivity contribution < 1.29 is 10.2 Å². The summed E-state index contributed by atoms with van der Waals surface area (Å²) >= 11 is 6.51. The van der Waals surface area contributed by atoms with Crippen LogP contribution >= 0.6 is 67.8 Å². The van der Waals surface area contributed by atoms with E-state index in [-0.39, 0.29) is 17.5 Å². The van der Waals surface area contributed by atoms with Gasteiger partial charge in [0.25, 0.3) is 0 Å². The van der Waals surface area contributed by atoms with Gasteiger partial charge in [0.1, 0.15) is 11.5 Å². The minimum atomic E-state index is -0.131. The highest BCUT2D eigenvalue weighted by molar-refractivity contribution is 14.1. The van der Waals surface area contributed by atoms with E-state index in [0.29, 0.717) is 24.1 Å². The first-order chi connectivity index (χ1) is 16.8. The molecule has 0 aliphatic heterocycles. The van der Waals surface area contributed by atoms with Crippen LogP contribution in [0.2, 0.25) is 0 Å². The Kier molecular flexibility index (Phi) is 9.03. The Morgan fingerprint density at radius 1 is 0.800 bits per heavy atom. The van der Waals surface area contributed by atoms with Gasteiger partial charge in [0.05, 0.1) is 19.7 Å². The van der Waals surface area contributed by atoms with Crippen LogP contribution in [0.15, 0.2) is 76.7 Å². The van der Waals surface area contributed by atoms with Gasteiger partial charge in [-0.25, -0.2) is 0 Å². The lowest BCUT2D eigenvalue weighted by Crippen LogP contribution is -2.14. The maximum absolute atomic E-state index is 10.5. The maximum atomic E-state index is 10.5. The predicted molar refractivity (Wildman–Crippen MR) is 171 cm³/mol. The fourth-order valence-electron chi connectivity index (χ4n) is 3.80. The minimum Gasteiger partial charge on any atom is -0.506 e. The first kappa shape index (κ1) is 26.3. The topological polar surface area (TPSA) is 65.2 Å². The van der Waals surface area contributed by atoms with Crippen molar-refractivity contribution in [3.63, 3.8) is 0 Å². The number of nitrogens with zero attached hydrogens (tertiary/aromatic N) is 2. The van der Waals surface area contributed by atoms with Gasteiger partial charge >= 0.3 is 0 Å². The standard InChI is InChI=1S/C28H23I3N2O2/c1-17-8-21(27(34)25(30)9-17)14-32-16-24(33-15-22-12-23(29)13-26(31)28(22)35)11-18-6-7-19-4-2-3-5-20(19)10-18/h2-10,12-15,24,34-35H,11,16H2,1H3. The first-order valence-corrected chi connectivity index (χ1v) is 14.2. The van der Waals surface area contributed by atoms with Gasteiger partial charge in [-0.15, -0.1) is 0 Å². The summed E-state index contributed by atoms with van der Waals surface area (Å²) in [7, 11) is 0. The second-order valence-electron chi connectivity index (χ2n) is 8.32. The molecule has 0 radical (unpaired) electrons. The molecule has 1 atom stereocenters. The molecule has 0 aliphatic rings. The van der Waals surface area contributed by atoms with E-state index >= 15 is 0 Å². The van der Waals surface area contributed by atoms with Crippen molar-refractivity contribution in [3.05, 3.63) is 99.7 Å². The number of aliphatic imine (C=N–C) groups is 2. The Balaban J connectivity index is 1.62. The molecule has 0 bridgehead atoms. The number of phenolic OH excluding ortho intramolecular Hbond substituents is 2. The van der Waals surface area contributed by atoms with Gasteiger partial charge in [-0.05, 0) is 127 Å². The second-order valence-corrected chi connectivity index (χ2v) is 11.9. The fourth-order valence-corrected chi connectivity index (χ4v) is 6.50. The van der Waals surface area contributed by atoms with Gasteiger partial charge in [-0.1, -0.05) is 42.5 Å². The average molecular weight is 800 g/mol. The molecule has 0 spiro atoms. The van der Waals surface area contributed by atoms with Crippen LogP contribution in [-0.4, -0.2) is 35.2 Å². The van der Waals surface area contributed by atoms with Gasteiger partial charge in [0.2, 0.25) is 0 Å². The van der Waals surface area contributed by atoms with Gasteiger partial charge in [0, 0.05) is 27.1 Å². The predicted octanol–water partition coefficient (Wildman–Crippen LogP) is 7.52. The molecule has 0 heterocycles. The highest BCUT2D eigenvalue weighted by Crippen LogP contribution is 2.27. The monoisotopic (exact) mass is 800 g/mol. The van der Waals surface area contributed by atoms with Crippen molar-refractivity contribution in [2.24, 2.45) is 9.98 Å². The molecule has 0 aromatic heterocycles. The van der Waals surface area contributed by atoms with E-state index in [1.807, 2.05) is 43.3 Å². The van der Waals surface area contributed by atoms with Crippen LogP contribution in [0.25, 0.3) is 10.8 Å². The molecule has 35 heavy (non-hydrogen) atoms. The summed E-state index contributed by atoms with van der Waals surface area (Å²) in [6.07, 6.45) is 4.17. The van der Waals surface area contributed by atoms with E-state index in [9.17, 15) is 10.2 Å². The number of fused-ring (bicyclic) bond motifs is 1. The van der Waals surface area contributed by atoms with Crippen LogP contribution in [0.4, 0.5) is 0 Å². The van der Waals surface area contributed by atoms with E-state index in [1.165, 1.54) is 16.3 Å². The van der Waals surface area contributed by atoms with Crippen LogP contribution in [0.1, 0.15) is 22.3 Å². The molecule has 0 saturated carbocycles. The van der Waals surface area contributed by atoms with Crippen LogP contribution < -0.4 is 0 Å². The van der Waals surface area contributed by atoms with Crippen LogP contribution in [0, 0.1) is 17.6 Å². The minimum absolute atomic E-state index is 0.131. The highest BCUT2D eigenvalue weighted by Gasteiger charge is 2.11. The second kappa shape index (κ2) is 12.0. The SMILES string of the molecule is Cc1cc(I)c(O)c(C=NCC(Cc2ccc3ccccc3c2)N=Cc2cc(I)cc(I)c2O)c1. The molecule has 1 unspecified atom stereocenters. The lowest BCUT2D eigenvalue weighted by molar-refractivity contribution is 0.470. The van der Waals surface area contributed by atoms with Crippen LogP contribution in [0.3, 0.4) is 0 Å². The zero-order valence-electron chi connectivity index (χ0n) is 18.9. The highest BCUT2D eigenvalue weighted by atomic mass is 127. The molecule has 4 aromatic rings. The molecule has 2 N–H and O–H groups in total. The molecule has 0 saturated heterocycles. The summed E-state index contributed by atoms with van der Waals surface area (Å²) < 4.78 is 2.64. The number of hydrogen-bond acceptors (Lipinski definition) is 4. The van der Waals surface area contributed by atoms with Crippen LogP contribution in [0.5, 0.6) is 11.5 Å². The largest absolute Gasteiger partial charge is 0.506 e. The third-order valence-corrected chi connectivity index (χ3v) is 7.82. The first-order valence-electron chi connectivity index (χ1n) is 11.0. The number of aromatic hydroxyl groups is 2. The van der Waals surface area contributed by atoms with Crippen molar-refractivity contribution in [3.8, 4) is 11.5 Å². The van der Waals surface area contributed by atoms with E-state index in [4.69, 9.17) is 4.99 Å². The zero-order valence-corrected chi connectivity index (χ0v) is 25.4. The summed E-state index contributed by atoms with van der Waals surface area (Å²) in [6.45, 7) is 2.45. The Morgan fingerprint density at radius 3 is 2.26 bits per heavy atom. The van der Waals surface area contributed by atoms with E-state index < -0.39 is 0 Å². The molecule has 0 aliphatic carbocycles. The normalized spacial score (nSPS) is 12.7. The van der Waals surface area contributed by atoms with Gasteiger partial charge in [-0.2, -0.15) is 0 Å². The molecular formula is C28H23I3N2O2. The summed E-state index contributed by atoms with van der Waals surface area (Å²) in [5.74, 6) is 0.481. The van der Waals surface area contributed by atoms with E-state index in [1.54, 1.807) is 12.4 Å². The third-order valence-electron chi connectivity index (χ3n) is 5.55. The van der Waals surface area contributed by atoms with Crippen molar-refractivity contribution in [2.75, 3.05) is 6.54 Å². The summed E-state index contributed by atoms with van der Waals surface area (Å²) in [4.78, 5) is 9.48. The number of rotatable bonds is 7. The molecule has 7 heteroatoms. The van der Waals surface area contributed by atoms with Crippen LogP contribution in [-0.2, 0) is 6.42 Å². The Hall–Kier alpha value is -1.73. The van der Waals surface area contributed by atoms with Crippen molar-refractivity contribution in [2.45, 2.75) is 19.4 Å². The number of aryl methyl sites for hydroxylation is 1. The van der Waals surface area contributed by atoms with E-state index in [0.717, 1.165) is 16.3 Å². The average Bonchev–Trinajstić information content (AvgIpc) is 2.83. The molecular weight excluding hydrogens is 777 g/mol. The smallest absolute Gasteiger partial charge is 0.137 e. The Bertz CT molecular complexity index is 1430. The summed E-state index contributed by atoms with van der Waals surface area (Å²) in [5.41, 5.74) is 3.64. The summed E-state index contributed by atoms with van der Waals surface area (Å²) in [6, 6.07) is 22.4. The van der Waals surface area contributed by atoms with E-state index in [2.05, 4.69) is 103 Å². The lowest BCUT2D eigenvalue weighted by atomic mass is 10.0. The lowest BCUT2D eigenvalue weighted by Gasteiger charge is -2.12. The van der Waals surface area contributed by atoms with Crippen molar-refractivity contribution in [1.29, 1.82) is 0 Å². The quantitative estimate of drug-likeness (QED) is 0.150. The summed E-state index contributed by atoms with van der Waals surface area (Å²) in [5, 5.41) is 23.3. The molecule has 4 aromatic carbocycles. The maximum Gasteiger partial charge on any atom is 0.137 e. The molecule has 0 amide bonds. The zero-order chi connectivity index (χ0) is 24.9. The third kappa shape index (κ3) is 6.94. The number of benzene rings is 4. The Labute approximate surface area is 246 Å². The molecule has 4 rings (SSSR count). The van der Waals surface area contributed by atoms with Crippen molar-refractivity contribution >= 4 is 91.0 Å². The van der Waals surface area contributed by atoms with Gasteiger partial charge in [-0.3, -0.25) is 9.98 Å². The van der Waals surface area contributed by atoms with Crippen molar-refractivity contribution in [1.82, 2.24) is 0 Å². The Morgan fingerprint density at radius 2 is 1.49 bits per heavy atom. The molecule has 4 nitrogen and oxygen atoms in total. The molecule has 0 fully saturated rings. The van der Waals surface area contributed by atoms with Gasteiger partial charge < -0.3 is 10.2 Å². The molecule has 178 valence electrons. The fraction of sp³-hybridized carbons (Fsp3) is 0.143. The van der Waals surface area contributed by atoms with Gasteiger partial charge in [0.15, 0.2) is 0 Å². The number of hydrogen-bond donors (Lipinski definition) is 2.